The van der Waals surface area contributed by atoms with Crippen molar-refractivity contribution in [1.29, 1.82) is 0 Å². The van der Waals surface area contributed by atoms with E-state index in [1.807, 2.05) is 0 Å². The van der Waals surface area contributed by atoms with Crippen molar-refractivity contribution < 1.29 is 0 Å². The van der Waals surface area contributed by atoms with Gasteiger partial charge >= 0.3 is 0 Å². The van der Waals surface area contributed by atoms with Gasteiger partial charge in [0, 0.05) is 19.8 Å². The minimum absolute atomic E-state index is 0.0376. The van der Waals surface area contributed by atoms with Crippen LogP contribution in [0, 0.1) is 0 Å². The molecule has 18 heavy (non-hydrogen) atoms. The maximum Gasteiger partial charge on any atom is 0.0439 e. The van der Waals surface area contributed by atoms with Crippen molar-refractivity contribution in [2.75, 3.05) is 31.3 Å². The molecule has 0 bridgehead atoms. The second-order valence-electron chi connectivity index (χ2n) is 5.08. The van der Waals surface area contributed by atoms with E-state index in [4.69, 9.17) is 0 Å². The van der Waals surface area contributed by atoms with Crippen molar-refractivity contribution in [1.82, 2.24) is 0 Å². The predicted octanol–water partition coefficient (Wildman–Crippen LogP) is 4.46. The maximum absolute atomic E-state index is 2.35. The minimum atomic E-state index is 0.0376. The molecule has 0 radical (unpaired) electrons. The molecular formula is C16H28NP. The summed E-state index contributed by atoms with van der Waals surface area (Å²) in [4.78, 5) is 2.27. The number of hydrogen-bond donors (Lipinski definition) is 0. The standard InChI is InChI=1S/C16H28NP/c1-5-7-13-18(14-8-6-2)16-12-10-9-11-15(16)17(3)4/h9-12H,5-8,13-14H2,1-4H3. The highest BCUT2D eigenvalue weighted by Gasteiger charge is 2.14. The van der Waals surface area contributed by atoms with Crippen LogP contribution in [0.3, 0.4) is 0 Å². The summed E-state index contributed by atoms with van der Waals surface area (Å²) in [6.07, 6.45) is 8.17. The lowest BCUT2D eigenvalue weighted by atomic mass is 10.3. The van der Waals surface area contributed by atoms with Gasteiger partial charge in [0.05, 0.1) is 0 Å². The molecule has 1 aromatic carbocycles. The van der Waals surface area contributed by atoms with Gasteiger partial charge in [0.15, 0.2) is 0 Å². The van der Waals surface area contributed by atoms with E-state index in [2.05, 4.69) is 57.1 Å². The Morgan fingerprint density at radius 3 is 2.00 bits per heavy atom. The van der Waals surface area contributed by atoms with Crippen LogP contribution in [-0.4, -0.2) is 26.4 Å². The second-order valence-corrected chi connectivity index (χ2v) is 7.53. The van der Waals surface area contributed by atoms with Gasteiger partial charge in [-0.2, -0.15) is 0 Å². The fourth-order valence-electron chi connectivity index (χ4n) is 2.16. The molecule has 1 rings (SSSR count). The van der Waals surface area contributed by atoms with Crippen LogP contribution >= 0.6 is 7.92 Å². The minimum Gasteiger partial charge on any atom is -0.377 e. The molecule has 1 aromatic rings. The number of nitrogens with zero attached hydrogens (tertiary/aromatic N) is 1. The molecule has 0 aliphatic heterocycles. The summed E-state index contributed by atoms with van der Waals surface area (Å²) in [5.41, 5.74) is 1.43. The highest BCUT2D eigenvalue weighted by atomic mass is 31.1. The number of para-hydroxylation sites is 1. The van der Waals surface area contributed by atoms with E-state index in [-0.39, 0.29) is 7.92 Å². The van der Waals surface area contributed by atoms with Gasteiger partial charge in [0.25, 0.3) is 0 Å². The summed E-state index contributed by atoms with van der Waals surface area (Å²) < 4.78 is 0. The Morgan fingerprint density at radius 1 is 0.944 bits per heavy atom. The Kier molecular flexibility index (Phi) is 7.35. The van der Waals surface area contributed by atoms with E-state index in [0.29, 0.717) is 0 Å². The van der Waals surface area contributed by atoms with Crippen LogP contribution in [-0.2, 0) is 0 Å². The first kappa shape index (κ1) is 15.5. The van der Waals surface area contributed by atoms with E-state index < -0.39 is 0 Å². The van der Waals surface area contributed by atoms with Crippen LogP contribution in [0.1, 0.15) is 39.5 Å². The summed E-state index contributed by atoms with van der Waals surface area (Å²) in [6, 6.07) is 8.98. The van der Waals surface area contributed by atoms with Crippen LogP contribution in [0.25, 0.3) is 0 Å². The van der Waals surface area contributed by atoms with E-state index in [1.165, 1.54) is 43.7 Å². The Bertz CT molecular complexity index is 328. The van der Waals surface area contributed by atoms with Gasteiger partial charge < -0.3 is 4.90 Å². The molecule has 0 saturated heterocycles. The van der Waals surface area contributed by atoms with Gasteiger partial charge in [-0.3, -0.25) is 0 Å². The second kappa shape index (κ2) is 8.53. The number of anilines is 1. The van der Waals surface area contributed by atoms with Gasteiger partial charge in [-0.25, -0.2) is 0 Å². The SMILES string of the molecule is CCCCP(CCCC)c1ccccc1N(C)C. The monoisotopic (exact) mass is 265 g/mol. The van der Waals surface area contributed by atoms with E-state index in [0.717, 1.165) is 0 Å². The molecule has 0 saturated carbocycles. The van der Waals surface area contributed by atoms with E-state index in [1.54, 1.807) is 5.30 Å². The zero-order valence-corrected chi connectivity index (χ0v) is 13.3. The first-order chi connectivity index (χ1) is 8.70. The molecule has 1 nitrogen and oxygen atoms in total. The molecule has 0 amide bonds. The third-order valence-corrected chi connectivity index (χ3v) is 6.04. The molecule has 0 aromatic heterocycles. The van der Waals surface area contributed by atoms with Crippen LogP contribution in [0.15, 0.2) is 24.3 Å². The Balaban J connectivity index is 2.88. The largest absolute Gasteiger partial charge is 0.377 e. The predicted molar refractivity (Wildman–Crippen MR) is 86.9 cm³/mol. The van der Waals surface area contributed by atoms with Crippen molar-refractivity contribution in [2.24, 2.45) is 0 Å². The molecule has 0 aliphatic rings. The van der Waals surface area contributed by atoms with Crippen LogP contribution in [0.5, 0.6) is 0 Å². The van der Waals surface area contributed by atoms with Crippen molar-refractivity contribution in [3.63, 3.8) is 0 Å². The van der Waals surface area contributed by atoms with Crippen molar-refractivity contribution in [3.8, 4) is 0 Å². The van der Waals surface area contributed by atoms with Crippen LogP contribution in [0.4, 0.5) is 5.69 Å². The average Bonchev–Trinajstić information content (AvgIpc) is 2.39. The fraction of sp³-hybridized carbons (Fsp3) is 0.625. The zero-order valence-electron chi connectivity index (χ0n) is 12.4. The molecule has 0 unspecified atom stereocenters. The molecule has 0 heterocycles. The first-order valence-electron chi connectivity index (χ1n) is 7.22. The van der Waals surface area contributed by atoms with Gasteiger partial charge in [-0.1, -0.05) is 52.8 Å². The smallest absolute Gasteiger partial charge is 0.0439 e. The molecule has 0 atom stereocenters. The molecule has 0 N–H and O–H groups in total. The Hall–Kier alpha value is -0.550. The zero-order chi connectivity index (χ0) is 13.4. The number of benzene rings is 1. The Labute approximate surface area is 114 Å². The lowest BCUT2D eigenvalue weighted by molar-refractivity contribution is 0.870. The highest BCUT2D eigenvalue weighted by Crippen LogP contribution is 2.39. The Morgan fingerprint density at radius 2 is 1.50 bits per heavy atom. The fourth-order valence-corrected chi connectivity index (χ4v) is 5.16. The van der Waals surface area contributed by atoms with Gasteiger partial charge in [-0.15, -0.1) is 0 Å². The van der Waals surface area contributed by atoms with E-state index in [9.17, 15) is 0 Å². The van der Waals surface area contributed by atoms with Crippen molar-refractivity contribution >= 4 is 18.9 Å². The first-order valence-corrected chi connectivity index (χ1v) is 8.93. The topological polar surface area (TPSA) is 3.24 Å². The number of rotatable bonds is 8. The maximum atomic E-state index is 2.35. The molecular weight excluding hydrogens is 237 g/mol. The summed E-state index contributed by atoms with van der Waals surface area (Å²) in [5, 5.41) is 1.61. The van der Waals surface area contributed by atoms with Gasteiger partial charge in [0.1, 0.15) is 0 Å². The summed E-state index contributed by atoms with van der Waals surface area (Å²) >= 11 is 0. The summed E-state index contributed by atoms with van der Waals surface area (Å²) in [6.45, 7) is 4.59. The lowest BCUT2D eigenvalue weighted by Crippen LogP contribution is -2.19. The molecule has 102 valence electrons. The quantitative estimate of drug-likeness (QED) is 0.627. The summed E-state index contributed by atoms with van der Waals surface area (Å²) in [7, 11) is 4.35. The molecule has 0 aliphatic carbocycles. The summed E-state index contributed by atoms with van der Waals surface area (Å²) in [5.74, 6) is 0. The highest BCUT2D eigenvalue weighted by molar-refractivity contribution is 7.66. The van der Waals surface area contributed by atoms with Crippen LogP contribution < -0.4 is 10.2 Å². The molecule has 0 spiro atoms. The normalized spacial score (nSPS) is 10.9. The molecule has 0 fully saturated rings. The van der Waals surface area contributed by atoms with Crippen molar-refractivity contribution in [3.05, 3.63) is 24.3 Å². The number of unbranched alkanes of at least 4 members (excludes halogenated alkanes) is 2. The van der Waals surface area contributed by atoms with Crippen molar-refractivity contribution in [2.45, 2.75) is 39.5 Å². The van der Waals surface area contributed by atoms with Gasteiger partial charge in [-0.05, 0) is 36.5 Å². The third-order valence-electron chi connectivity index (χ3n) is 3.27. The average molecular weight is 265 g/mol. The third kappa shape index (κ3) is 4.61. The van der Waals surface area contributed by atoms with E-state index >= 15 is 0 Å². The van der Waals surface area contributed by atoms with Crippen LogP contribution in [0.2, 0.25) is 0 Å². The lowest BCUT2D eigenvalue weighted by Gasteiger charge is -2.24. The molecule has 2 heteroatoms. The van der Waals surface area contributed by atoms with Gasteiger partial charge in [0.2, 0.25) is 0 Å². The number of hydrogen-bond acceptors (Lipinski definition) is 1.